The molecule has 0 radical (unpaired) electrons. The fourth-order valence-corrected chi connectivity index (χ4v) is 3.95. The highest BCUT2D eigenvalue weighted by molar-refractivity contribution is 7.85. The number of hydrogen-bond donors (Lipinski definition) is 1. The maximum absolute atomic E-state index is 14.7. The number of hydrogen-bond acceptors (Lipinski definition) is 5. The summed E-state index contributed by atoms with van der Waals surface area (Å²) in [6, 6.07) is 9.63. The highest BCUT2D eigenvalue weighted by atomic mass is 32.2. The van der Waals surface area contributed by atoms with E-state index in [-0.39, 0.29) is 12.1 Å². The summed E-state index contributed by atoms with van der Waals surface area (Å²) in [6.07, 6.45) is 2.68. The fourth-order valence-electron chi connectivity index (χ4n) is 3.18. The van der Waals surface area contributed by atoms with E-state index < -0.39 is 33.6 Å². The molecule has 0 aliphatic heterocycles. The predicted molar refractivity (Wildman–Crippen MR) is 108 cm³/mol. The van der Waals surface area contributed by atoms with Crippen LogP contribution in [0.5, 0.6) is 5.75 Å². The SMILES string of the molecule is CCS(=O)c1ccc(OC(C)(C)C(O)(Cn2cncn2)c2ccc(F)cc2F)cc1. The minimum Gasteiger partial charge on any atom is -0.484 e. The van der Waals surface area contributed by atoms with Crippen LogP contribution in [0.15, 0.2) is 60.0 Å². The second-order valence-corrected chi connectivity index (χ2v) is 9.04. The average Bonchev–Trinajstić information content (AvgIpc) is 3.20. The molecule has 0 amide bonds. The van der Waals surface area contributed by atoms with Gasteiger partial charge in [0.15, 0.2) is 5.60 Å². The van der Waals surface area contributed by atoms with Gasteiger partial charge < -0.3 is 9.84 Å². The molecular weight excluding hydrogens is 412 g/mol. The first-order valence-electron chi connectivity index (χ1n) is 9.34. The van der Waals surface area contributed by atoms with Crippen LogP contribution in [-0.2, 0) is 22.9 Å². The monoisotopic (exact) mass is 435 g/mol. The first-order valence-corrected chi connectivity index (χ1v) is 10.7. The summed E-state index contributed by atoms with van der Waals surface area (Å²) >= 11 is 0. The molecule has 0 saturated heterocycles. The van der Waals surface area contributed by atoms with Crippen LogP contribution in [0, 0.1) is 11.6 Å². The second kappa shape index (κ2) is 8.61. The van der Waals surface area contributed by atoms with Crippen molar-refractivity contribution in [2.75, 3.05) is 5.75 Å². The Kier molecular flexibility index (Phi) is 6.33. The van der Waals surface area contributed by atoms with Gasteiger partial charge in [-0.15, -0.1) is 0 Å². The summed E-state index contributed by atoms with van der Waals surface area (Å²) in [5.74, 6) is -0.760. The lowest BCUT2D eigenvalue weighted by atomic mass is 9.79. The van der Waals surface area contributed by atoms with E-state index in [1.165, 1.54) is 23.4 Å². The van der Waals surface area contributed by atoms with Crippen LogP contribution in [0.2, 0.25) is 0 Å². The fraction of sp³-hybridized carbons (Fsp3) is 0.333. The van der Waals surface area contributed by atoms with E-state index in [2.05, 4.69) is 10.1 Å². The first kappa shape index (κ1) is 22.0. The van der Waals surface area contributed by atoms with Crippen molar-refractivity contribution in [2.45, 2.75) is 43.4 Å². The third kappa shape index (κ3) is 4.41. The Balaban J connectivity index is 1.99. The minimum absolute atomic E-state index is 0.131. The van der Waals surface area contributed by atoms with Crippen LogP contribution in [0.3, 0.4) is 0 Å². The molecule has 0 aliphatic rings. The molecule has 1 aromatic heterocycles. The Morgan fingerprint density at radius 3 is 2.43 bits per heavy atom. The Morgan fingerprint density at radius 2 is 1.87 bits per heavy atom. The summed E-state index contributed by atoms with van der Waals surface area (Å²) in [7, 11) is -1.10. The third-order valence-corrected chi connectivity index (χ3v) is 6.27. The van der Waals surface area contributed by atoms with Crippen molar-refractivity contribution in [2.24, 2.45) is 0 Å². The average molecular weight is 435 g/mol. The summed E-state index contributed by atoms with van der Waals surface area (Å²) in [5, 5.41) is 15.7. The highest BCUT2D eigenvalue weighted by Crippen LogP contribution is 2.39. The Labute approximate surface area is 176 Å². The van der Waals surface area contributed by atoms with Gasteiger partial charge in [-0.1, -0.05) is 13.0 Å². The van der Waals surface area contributed by atoms with Gasteiger partial charge >= 0.3 is 0 Å². The largest absolute Gasteiger partial charge is 0.484 e. The molecule has 2 unspecified atom stereocenters. The molecular formula is C21H23F2N3O3S. The predicted octanol–water partition coefficient (Wildman–Crippen LogP) is 3.43. The molecule has 2 atom stereocenters. The second-order valence-electron chi connectivity index (χ2n) is 7.30. The molecule has 3 rings (SSSR count). The number of halogens is 2. The topological polar surface area (TPSA) is 77.2 Å². The van der Waals surface area contributed by atoms with Gasteiger partial charge in [0.2, 0.25) is 0 Å². The molecule has 1 heterocycles. The van der Waals surface area contributed by atoms with Crippen molar-refractivity contribution in [3.63, 3.8) is 0 Å². The number of benzene rings is 2. The van der Waals surface area contributed by atoms with Crippen molar-refractivity contribution >= 4 is 10.8 Å². The minimum atomic E-state index is -1.93. The lowest BCUT2D eigenvalue weighted by Gasteiger charge is -2.42. The number of aliphatic hydroxyl groups is 1. The molecule has 9 heteroatoms. The van der Waals surface area contributed by atoms with Crippen LogP contribution >= 0.6 is 0 Å². The molecule has 160 valence electrons. The van der Waals surface area contributed by atoms with Crippen molar-refractivity contribution in [3.8, 4) is 5.75 Å². The summed E-state index contributed by atoms with van der Waals surface area (Å²) in [4.78, 5) is 4.51. The van der Waals surface area contributed by atoms with E-state index in [0.717, 1.165) is 6.07 Å². The van der Waals surface area contributed by atoms with E-state index in [1.54, 1.807) is 38.1 Å². The van der Waals surface area contributed by atoms with Gasteiger partial charge in [0, 0.05) is 22.3 Å². The van der Waals surface area contributed by atoms with Crippen LogP contribution in [0.4, 0.5) is 8.78 Å². The van der Waals surface area contributed by atoms with Crippen molar-refractivity contribution in [1.29, 1.82) is 0 Å². The zero-order chi connectivity index (χ0) is 21.9. The van der Waals surface area contributed by atoms with Gasteiger partial charge in [-0.2, -0.15) is 5.10 Å². The molecule has 0 spiro atoms. The molecule has 3 aromatic rings. The lowest BCUT2D eigenvalue weighted by molar-refractivity contribution is -0.135. The van der Waals surface area contributed by atoms with Gasteiger partial charge in [-0.05, 0) is 44.2 Å². The maximum Gasteiger partial charge on any atom is 0.151 e. The summed E-state index contributed by atoms with van der Waals surface area (Å²) in [6.45, 7) is 4.85. The molecule has 30 heavy (non-hydrogen) atoms. The van der Waals surface area contributed by atoms with E-state index >= 15 is 0 Å². The van der Waals surface area contributed by atoms with Crippen molar-refractivity contribution in [1.82, 2.24) is 14.8 Å². The normalized spacial score (nSPS) is 14.9. The van der Waals surface area contributed by atoms with Crippen LogP contribution in [0.1, 0.15) is 26.3 Å². The standard InChI is InChI=1S/C21H23F2N3O3S/c1-4-30(28)17-8-6-16(7-9-17)29-20(2,3)21(27,12-26-14-24-13-25-26)18-10-5-15(22)11-19(18)23/h5-11,13-14,27H,4,12H2,1-3H3. The van der Waals surface area contributed by atoms with E-state index in [9.17, 15) is 18.1 Å². The maximum atomic E-state index is 14.7. The molecule has 1 N–H and O–H groups in total. The molecule has 0 aliphatic carbocycles. The van der Waals surface area contributed by atoms with Gasteiger partial charge in [-0.25, -0.2) is 18.4 Å². The highest BCUT2D eigenvalue weighted by Gasteiger charge is 2.49. The van der Waals surface area contributed by atoms with E-state index in [4.69, 9.17) is 4.74 Å². The van der Waals surface area contributed by atoms with Crippen LogP contribution in [0.25, 0.3) is 0 Å². The zero-order valence-electron chi connectivity index (χ0n) is 16.9. The smallest absolute Gasteiger partial charge is 0.151 e. The van der Waals surface area contributed by atoms with Gasteiger partial charge in [0.25, 0.3) is 0 Å². The third-order valence-electron chi connectivity index (χ3n) is 4.95. The lowest BCUT2D eigenvalue weighted by Crippen LogP contribution is -2.54. The molecule has 0 saturated carbocycles. The molecule has 0 bridgehead atoms. The first-order chi connectivity index (χ1) is 14.2. The Bertz CT molecular complexity index is 1030. The van der Waals surface area contributed by atoms with Gasteiger partial charge in [-0.3, -0.25) is 4.21 Å². The Morgan fingerprint density at radius 1 is 1.17 bits per heavy atom. The van der Waals surface area contributed by atoms with Crippen LogP contribution < -0.4 is 4.74 Å². The number of aromatic nitrogens is 3. The van der Waals surface area contributed by atoms with Gasteiger partial charge in [0.1, 0.15) is 35.6 Å². The molecule has 0 fully saturated rings. The summed E-state index contributed by atoms with van der Waals surface area (Å²) in [5.41, 5.74) is -3.43. The molecule has 2 aromatic carbocycles. The summed E-state index contributed by atoms with van der Waals surface area (Å²) < 4.78 is 47.5. The number of ether oxygens (including phenoxy) is 1. The van der Waals surface area contributed by atoms with E-state index in [0.29, 0.717) is 22.5 Å². The quantitative estimate of drug-likeness (QED) is 0.587. The molecule has 6 nitrogen and oxygen atoms in total. The van der Waals surface area contributed by atoms with Gasteiger partial charge in [0.05, 0.1) is 17.3 Å². The van der Waals surface area contributed by atoms with Crippen molar-refractivity contribution in [3.05, 3.63) is 72.3 Å². The number of rotatable bonds is 8. The number of nitrogens with zero attached hydrogens (tertiary/aromatic N) is 3. The van der Waals surface area contributed by atoms with Crippen LogP contribution in [-0.4, -0.2) is 35.4 Å². The van der Waals surface area contributed by atoms with E-state index in [1.807, 2.05) is 6.92 Å². The van der Waals surface area contributed by atoms with Crippen molar-refractivity contribution < 1.29 is 22.8 Å². The zero-order valence-corrected chi connectivity index (χ0v) is 17.7. The Hall–Kier alpha value is -2.65.